The number of aryl methyl sites for hydroxylation is 2. The fourth-order valence-electron chi connectivity index (χ4n) is 4.60. The fourth-order valence-corrected chi connectivity index (χ4v) is 4.60. The lowest BCUT2D eigenvalue weighted by Crippen LogP contribution is -2.25. The van der Waals surface area contributed by atoms with Crippen LogP contribution in [0.4, 0.5) is 0 Å². The Labute approximate surface area is 214 Å². The van der Waals surface area contributed by atoms with E-state index in [-0.39, 0.29) is 22.3 Å². The molecule has 0 aliphatic rings. The summed E-state index contributed by atoms with van der Waals surface area (Å²) in [7, 11) is 0. The van der Waals surface area contributed by atoms with Crippen molar-refractivity contribution in [2.45, 2.75) is 19.8 Å². The van der Waals surface area contributed by atoms with Gasteiger partial charge in [0, 0.05) is 11.4 Å². The summed E-state index contributed by atoms with van der Waals surface area (Å²) in [5.74, 6) is -2.83. The third-order valence-electron chi connectivity index (χ3n) is 6.34. The van der Waals surface area contributed by atoms with Crippen molar-refractivity contribution in [3.05, 3.63) is 127 Å². The van der Waals surface area contributed by atoms with Gasteiger partial charge in [0.05, 0.1) is 45.8 Å². The number of aromatic amines is 2. The van der Waals surface area contributed by atoms with E-state index < -0.39 is 29.0 Å². The predicted octanol–water partition coefficient (Wildman–Crippen LogP) is 3.43. The highest BCUT2D eigenvalue weighted by Crippen LogP contribution is 2.32. The van der Waals surface area contributed by atoms with Gasteiger partial charge < -0.3 is 14.6 Å². The van der Waals surface area contributed by atoms with E-state index in [4.69, 9.17) is 4.42 Å². The van der Waals surface area contributed by atoms with Crippen LogP contribution in [0.3, 0.4) is 0 Å². The third kappa shape index (κ3) is 4.05. The van der Waals surface area contributed by atoms with E-state index in [1.807, 2.05) is 0 Å². The lowest BCUT2D eigenvalue weighted by Gasteiger charge is -2.12. The Balaban J connectivity index is 1.71. The normalized spacial score (nSPS) is 11.2. The molecule has 0 amide bonds. The quantitative estimate of drug-likeness (QED) is 0.258. The van der Waals surface area contributed by atoms with Crippen LogP contribution in [0.5, 0.6) is 0 Å². The topological polar surface area (TPSA) is 163 Å². The molecular formula is C27H22N4O7. The summed E-state index contributed by atoms with van der Waals surface area (Å²) in [6.07, 6.45) is 1.44. The third-order valence-corrected chi connectivity index (χ3v) is 6.34. The lowest BCUT2D eigenvalue weighted by atomic mass is 9.89. The van der Waals surface area contributed by atoms with Crippen molar-refractivity contribution in [2.24, 2.45) is 0 Å². The first-order chi connectivity index (χ1) is 18.2. The van der Waals surface area contributed by atoms with Gasteiger partial charge in [-0.15, -0.1) is 0 Å². The smallest absolute Gasteiger partial charge is 0.335 e. The number of hydrogen-bond acceptors (Lipinski definition) is 5. The number of aromatic nitrogens is 4. The Hall–Kier alpha value is -5.32. The first kappa shape index (κ1) is 24.4. The molecule has 0 saturated heterocycles. The first-order valence-electron chi connectivity index (χ1n) is 11.5. The Morgan fingerprint density at radius 1 is 0.763 bits per heavy atom. The molecule has 3 heterocycles. The molecule has 0 radical (unpaired) electrons. The predicted molar refractivity (Wildman–Crippen MR) is 136 cm³/mol. The number of nitrogens with zero attached hydrogens (tertiary/aromatic N) is 2. The van der Waals surface area contributed by atoms with E-state index in [2.05, 4.69) is 10.2 Å². The SMILES string of the molecule is Cc1[nH]n(-c2cccc(C(=O)O)c2)c(=O)c1C(c1ccco1)c1c(C)[nH]n(-c2cccc(C(=O)O)c2)c1=O. The van der Waals surface area contributed by atoms with Crippen molar-refractivity contribution in [2.75, 3.05) is 0 Å². The molecular weight excluding hydrogens is 492 g/mol. The lowest BCUT2D eigenvalue weighted by molar-refractivity contribution is 0.0686. The van der Waals surface area contributed by atoms with Crippen LogP contribution >= 0.6 is 0 Å². The van der Waals surface area contributed by atoms with Gasteiger partial charge in [-0.25, -0.2) is 19.0 Å². The number of nitrogens with one attached hydrogen (secondary N) is 2. The molecule has 0 spiro atoms. The molecule has 192 valence electrons. The number of benzene rings is 2. The molecule has 5 rings (SSSR count). The number of furan rings is 1. The molecule has 0 unspecified atom stereocenters. The molecule has 3 aromatic heterocycles. The van der Waals surface area contributed by atoms with E-state index >= 15 is 0 Å². The molecule has 38 heavy (non-hydrogen) atoms. The summed E-state index contributed by atoms with van der Waals surface area (Å²) in [6, 6.07) is 15.2. The van der Waals surface area contributed by atoms with Gasteiger partial charge in [-0.2, -0.15) is 0 Å². The molecule has 0 bridgehead atoms. The number of aromatic carboxylic acids is 2. The number of hydrogen-bond donors (Lipinski definition) is 4. The van der Waals surface area contributed by atoms with Gasteiger partial charge in [0.1, 0.15) is 5.76 Å². The van der Waals surface area contributed by atoms with Crippen molar-refractivity contribution in [3.8, 4) is 11.4 Å². The van der Waals surface area contributed by atoms with E-state index in [0.717, 1.165) is 0 Å². The molecule has 2 aromatic carbocycles. The Morgan fingerprint density at radius 3 is 1.63 bits per heavy atom. The number of carboxylic acids is 2. The molecule has 0 fully saturated rings. The van der Waals surface area contributed by atoms with Gasteiger partial charge in [0.2, 0.25) is 0 Å². The number of rotatable bonds is 7. The monoisotopic (exact) mass is 514 g/mol. The maximum absolute atomic E-state index is 13.8. The zero-order valence-electron chi connectivity index (χ0n) is 20.3. The van der Waals surface area contributed by atoms with Crippen LogP contribution < -0.4 is 11.1 Å². The van der Waals surface area contributed by atoms with E-state index in [1.165, 1.54) is 52.0 Å². The van der Waals surface area contributed by atoms with Crippen LogP contribution in [0, 0.1) is 13.8 Å². The van der Waals surface area contributed by atoms with Crippen LogP contribution in [0.15, 0.2) is 80.9 Å². The summed E-state index contributed by atoms with van der Waals surface area (Å²) in [5.41, 5.74) is 1.09. The standard InChI is InChI=1S/C27H22N4O7/c1-14-21(24(32)30(28-14)18-8-3-6-16(12-18)26(34)35)23(20-10-5-11-38-20)22-15(2)29-31(25(22)33)19-9-4-7-17(13-19)27(36)37/h3-13,23,28-29H,1-2H3,(H,34,35)(H,36,37). The highest BCUT2D eigenvalue weighted by molar-refractivity contribution is 5.88. The molecule has 11 heteroatoms. The van der Waals surface area contributed by atoms with Gasteiger partial charge in [0.15, 0.2) is 0 Å². The highest BCUT2D eigenvalue weighted by Gasteiger charge is 2.32. The summed E-state index contributed by atoms with van der Waals surface area (Å²) in [6.45, 7) is 3.36. The summed E-state index contributed by atoms with van der Waals surface area (Å²) in [4.78, 5) is 50.4. The second-order valence-corrected chi connectivity index (χ2v) is 8.74. The maximum Gasteiger partial charge on any atom is 0.335 e. The molecule has 0 saturated carbocycles. The average Bonchev–Trinajstić information content (AvgIpc) is 3.60. The minimum atomic E-state index is -1.13. The van der Waals surface area contributed by atoms with E-state index in [0.29, 0.717) is 28.5 Å². The minimum absolute atomic E-state index is 0.0127. The summed E-state index contributed by atoms with van der Waals surface area (Å²) in [5, 5.41) is 24.7. The Kier molecular flexibility index (Phi) is 5.95. The van der Waals surface area contributed by atoms with Crippen LogP contribution in [0.25, 0.3) is 11.4 Å². The number of carboxylic acid groups (broad SMARTS) is 2. The van der Waals surface area contributed by atoms with Gasteiger partial charge in [-0.05, 0) is 62.4 Å². The average molecular weight is 514 g/mol. The van der Waals surface area contributed by atoms with Crippen LogP contribution in [0.1, 0.15) is 54.9 Å². The van der Waals surface area contributed by atoms with Crippen LogP contribution in [-0.4, -0.2) is 41.7 Å². The second kappa shape index (κ2) is 9.28. The summed E-state index contributed by atoms with van der Waals surface area (Å²) >= 11 is 0. The molecule has 5 aromatic rings. The second-order valence-electron chi connectivity index (χ2n) is 8.74. The van der Waals surface area contributed by atoms with Crippen LogP contribution in [-0.2, 0) is 0 Å². The van der Waals surface area contributed by atoms with Crippen molar-refractivity contribution in [3.63, 3.8) is 0 Å². The molecule has 0 atom stereocenters. The first-order valence-corrected chi connectivity index (χ1v) is 11.5. The van der Waals surface area contributed by atoms with Gasteiger partial charge in [-0.3, -0.25) is 19.8 Å². The Morgan fingerprint density at radius 2 is 1.24 bits per heavy atom. The zero-order chi connectivity index (χ0) is 27.1. The molecule has 11 nitrogen and oxygen atoms in total. The zero-order valence-corrected chi connectivity index (χ0v) is 20.3. The molecule has 0 aliphatic heterocycles. The van der Waals surface area contributed by atoms with E-state index in [1.54, 1.807) is 38.1 Å². The van der Waals surface area contributed by atoms with E-state index in [9.17, 15) is 29.4 Å². The fraction of sp³-hybridized carbons (Fsp3) is 0.111. The van der Waals surface area contributed by atoms with Gasteiger partial charge in [-0.1, -0.05) is 12.1 Å². The van der Waals surface area contributed by atoms with Crippen molar-refractivity contribution >= 4 is 11.9 Å². The maximum atomic E-state index is 13.8. The van der Waals surface area contributed by atoms with Crippen molar-refractivity contribution in [1.29, 1.82) is 0 Å². The Bertz CT molecular complexity index is 1690. The van der Waals surface area contributed by atoms with Crippen molar-refractivity contribution < 1.29 is 24.2 Å². The highest BCUT2D eigenvalue weighted by atomic mass is 16.4. The largest absolute Gasteiger partial charge is 0.478 e. The minimum Gasteiger partial charge on any atom is -0.478 e. The summed E-state index contributed by atoms with van der Waals surface area (Å²) < 4.78 is 8.13. The molecule has 0 aliphatic carbocycles. The molecule has 4 N–H and O–H groups in total. The number of H-pyrrole nitrogens is 2. The van der Waals surface area contributed by atoms with Gasteiger partial charge in [0.25, 0.3) is 11.1 Å². The van der Waals surface area contributed by atoms with Crippen LogP contribution in [0.2, 0.25) is 0 Å². The van der Waals surface area contributed by atoms with Crippen molar-refractivity contribution in [1.82, 2.24) is 19.6 Å². The number of carbonyl (C=O) groups is 2. The van der Waals surface area contributed by atoms with Gasteiger partial charge >= 0.3 is 11.9 Å².